The molecule has 1 aromatic rings. The van der Waals surface area contributed by atoms with Crippen LogP contribution >= 0.6 is 0 Å². The number of benzene rings is 1. The highest BCUT2D eigenvalue weighted by Crippen LogP contribution is 2.52. The fourth-order valence-electron chi connectivity index (χ4n) is 4.93. The van der Waals surface area contributed by atoms with Crippen LogP contribution in [0.5, 0.6) is 5.75 Å². The van der Waals surface area contributed by atoms with Gasteiger partial charge in [-0.2, -0.15) is 0 Å². The molecule has 130 valence electrons. The molecule has 1 saturated carbocycles. The third-order valence-electron chi connectivity index (χ3n) is 6.19. The second-order valence-electron chi connectivity index (χ2n) is 7.70. The first kappa shape index (κ1) is 17.1. The van der Waals surface area contributed by atoms with Crippen molar-refractivity contribution in [1.82, 2.24) is 0 Å². The summed E-state index contributed by atoms with van der Waals surface area (Å²) >= 11 is 0. The molecule has 1 unspecified atom stereocenters. The van der Waals surface area contributed by atoms with Crippen molar-refractivity contribution in [2.75, 3.05) is 6.61 Å². The lowest BCUT2D eigenvalue weighted by molar-refractivity contribution is 0.117. The summed E-state index contributed by atoms with van der Waals surface area (Å²) in [6, 6.07) is 6.79. The van der Waals surface area contributed by atoms with E-state index < -0.39 is 0 Å². The molecule has 3 rings (SSSR count). The zero-order valence-electron chi connectivity index (χ0n) is 15.1. The Morgan fingerprint density at radius 1 is 1.29 bits per heavy atom. The van der Waals surface area contributed by atoms with Gasteiger partial charge in [0.2, 0.25) is 0 Å². The van der Waals surface area contributed by atoms with Gasteiger partial charge in [-0.15, -0.1) is 0 Å². The van der Waals surface area contributed by atoms with E-state index in [2.05, 4.69) is 38.1 Å². The van der Waals surface area contributed by atoms with E-state index in [1.807, 2.05) is 12.2 Å². The van der Waals surface area contributed by atoms with Crippen molar-refractivity contribution in [3.63, 3.8) is 0 Å². The summed E-state index contributed by atoms with van der Waals surface area (Å²) in [4.78, 5) is 0. The van der Waals surface area contributed by atoms with Crippen LogP contribution in [0.4, 0.5) is 0 Å². The molecule has 0 saturated heterocycles. The van der Waals surface area contributed by atoms with Crippen molar-refractivity contribution < 1.29 is 4.74 Å². The summed E-state index contributed by atoms with van der Waals surface area (Å²) < 4.78 is 6.00. The lowest BCUT2D eigenvalue weighted by atomic mass is 9.55. The van der Waals surface area contributed by atoms with Crippen molar-refractivity contribution in [1.29, 1.82) is 0 Å². The topological polar surface area (TPSA) is 35.2 Å². The predicted octanol–water partition coefficient (Wildman–Crippen LogP) is 5.12. The third-order valence-corrected chi connectivity index (χ3v) is 6.19. The van der Waals surface area contributed by atoms with Crippen molar-refractivity contribution in [3.8, 4) is 5.75 Å². The van der Waals surface area contributed by atoms with Gasteiger partial charge in [-0.25, -0.2) is 0 Å². The van der Waals surface area contributed by atoms with Crippen molar-refractivity contribution in [2.24, 2.45) is 17.6 Å². The largest absolute Gasteiger partial charge is 0.493 e. The van der Waals surface area contributed by atoms with Gasteiger partial charge in [-0.05, 0) is 78.5 Å². The average Bonchev–Trinajstić information content (AvgIpc) is 2.58. The van der Waals surface area contributed by atoms with Gasteiger partial charge in [0.15, 0.2) is 0 Å². The van der Waals surface area contributed by atoms with Gasteiger partial charge in [0.05, 0.1) is 6.61 Å². The Bertz CT molecular complexity index is 618. The highest BCUT2D eigenvalue weighted by molar-refractivity contribution is 5.43. The van der Waals surface area contributed by atoms with E-state index in [9.17, 15) is 0 Å². The fourth-order valence-corrected chi connectivity index (χ4v) is 4.93. The first-order valence-electron chi connectivity index (χ1n) is 9.45. The minimum atomic E-state index is 0.344. The molecular formula is C22H31NO. The van der Waals surface area contributed by atoms with Gasteiger partial charge in [0.1, 0.15) is 5.75 Å². The summed E-state index contributed by atoms with van der Waals surface area (Å²) in [6.45, 7) is 5.66. The third kappa shape index (κ3) is 3.38. The molecule has 0 heterocycles. The average molecular weight is 325 g/mol. The number of ether oxygens (including phenoxy) is 1. The van der Waals surface area contributed by atoms with E-state index in [4.69, 9.17) is 10.5 Å². The monoisotopic (exact) mass is 325 g/mol. The maximum absolute atomic E-state index is 6.00. The summed E-state index contributed by atoms with van der Waals surface area (Å²) in [6.07, 6.45) is 15.0. The zero-order valence-corrected chi connectivity index (χ0v) is 15.1. The van der Waals surface area contributed by atoms with Crippen molar-refractivity contribution in [3.05, 3.63) is 53.8 Å². The predicted molar refractivity (Wildman–Crippen MR) is 101 cm³/mol. The van der Waals surface area contributed by atoms with Crippen LogP contribution < -0.4 is 10.5 Å². The molecule has 0 amide bonds. The van der Waals surface area contributed by atoms with Crippen LogP contribution in [0.15, 0.2) is 42.6 Å². The van der Waals surface area contributed by atoms with Crippen LogP contribution in [0.1, 0.15) is 57.1 Å². The molecule has 0 radical (unpaired) electrons. The Labute approximate surface area is 146 Å². The van der Waals surface area contributed by atoms with Crippen LogP contribution in [0.2, 0.25) is 0 Å². The Morgan fingerprint density at radius 2 is 2.17 bits per heavy atom. The number of hydrogen-bond donors (Lipinski definition) is 1. The maximum Gasteiger partial charge on any atom is 0.119 e. The Kier molecular flexibility index (Phi) is 5.33. The van der Waals surface area contributed by atoms with Gasteiger partial charge in [0, 0.05) is 0 Å². The molecule has 2 heteroatoms. The van der Waals surface area contributed by atoms with E-state index in [0.717, 1.165) is 24.0 Å². The zero-order chi connectivity index (χ0) is 17.0. The smallest absolute Gasteiger partial charge is 0.119 e. The molecule has 2 nitrogen and oxygen atoms in total. The minimum absolute atomic E-state index is 0.344. The van der Waals surface area contributed by atoms with Gasteiger partial charge in [-0.3, -0.25) is 0 Å². The molecule has 0 bridgehead atoms. The Hall–Kier alpha value is -1.70. The highest BCUT2D eigenvalue weighted by atomic mass is 16.5. The van der Waals surface area contributed by atoms with Crippen molar-refractivity contribution in [2.45, 2.75) is 57.8 Å². The van der Waals surface area contributed by atoms with Crippen LogP contribution in [0, 0.1) is 11.8 Å². The van der Waals surface area contributed by atoms with Crippen LogP contribution in [-0.2, 0) is 11.8 Å². The van der Waals surface area contributed by atoms with E-state index >= 15 is 0 Å². The molecule has 1 fully saturated rings. The fraction of sp³-hybridized carbons (Fsp3) is 0.545. The van der Waals surface area contributed by atoms with Crippen LogP contribution in [-0.4, -0.2) is 6.61 Å². The summed E-state index contributed by atoms with van der Waals surface area (Å²) in [5.74, 6) is 2.71. The molecule has 2 N–H and O–H groups in total. The van der Waals surface area contributed by atoms with E-state index in [1.165, 1.54) is 32.1 Å². The number of hydrogen-bond acceptors (Lipinski definition) is 2. The van der Waals surface area contributed by atoms with Gasteiger partial charge in [-0.1, -0.05) is 44.9 Å². The van der Waals surface area contributed by atoms with Crippen molar-refractivity contribution >= 4 is 0 Å². The van der Waals surface area contributed by atoms with Crippen LogP contribution in [0.3, 0.4) is 0 Å². The number of aryl methyl sites for hydroxylation is 1. The maximum atomic E-state index is 6.00. The van der Waals surface area contributed by atoms with Gasteiger partial charge in [0.25, 0.3) is 0 Å². The number of fused-ring (bicyclic) bond motifs is 3. The molecule has 2 aliphatic carbocycles. The molecule has 1 aromatic carbocycles. The molecule has 3 atom stereocenters. The lowest BCUT2D eigenvalue weighted by Gasteiger charge is -2.49. The summed E-state index contributed by atoms with van der Waals surface area (Å²) in [5.41, 5.74) is 8.76. The molecule has 0 spiro atoms. The molecule has 0 aliphatic heterocycles. The number of nitrogens with two attached hydrogens (primary N) is 1. The number of allylic oxidation sites excluding steroid dienone is 2. The van der Waals surface area contributed by atoms with E-state index in [0.29, 0.717) is 12.0 Å². The summed E-state index contributed by atoms with van der Waals surface area (Å²) in [7, 11) is 0. The Balaban J connectivity index is 1.72. The second-order valence-corrected chi connectivity index (χ2v) is 7.70. The first-order valence-corrected chi connectivity index (χ1v) is 9.45. The molecule has 0 aromatic heterocycles. The van der Waals surface area contributed by atoms with Gasteiger partial charge < -0.3 is 10.5 Å². The quantitative estimate of drug-likeness (QED) is 0.602. The second kappa shape index (κ2) is 7.46. The van der Waals surface area contributed by atoms with E-state index in [1.54, 1.807) is 17.3 Å². The number of rotatable bonds is 5. The van der Waals surface area contributed by atoms with Crippen LogP contribution in [0.25, 0.3) is 0 Å². The SMILES string of the molecule is C[C@H]1CCC[C@]2(C)c3cc(OCC/C=C\C=C/N)ccc3CCC12. The molecular weight excluding hydrogens is 294 g/mol. The van der Waals surface area contributed by atoms with E-state index in [-0.39, 0.29) is 0 Å². The normalized spacial score (nSPS) is 29.6. The minimum Gasteiger partial charge on any atom is -0.493 e. The van der Waals surface area contributed by atoms with Gasteiger partial charge >= 0.3 is 0 Å². The first-order chi connectivity index (χ1) is 11.6. The standard InChI is InChI=1S/C22H31NO/c1-17-8-7-13-22(2)20(17)12-10-18-9-11-19(16-21(18)22)24-15-6-4-3-5-14-23/h3-5,9,11,14,16-17,20H,6-8,10,12-13,15,23H2,1-2H3/b4-3-,14-5-/t17-,20?,22-/m0/s1. The Morgan fingerprint density at radius 3 is 3.00 bits per heavy atom. The highest BCUT2D eigenvalue weighted by Gasteiger charge is 2.44. The lowest BCUT2D eigenvalue weighted by Crippen LogP contribution is -2.43. The molecule has 2 aliphatic rings. The molecule has 24 heavy (non-hydrogen) atoms. The summed E-state index contributed by atoms with van der Waals surface area (Å²) in [5, 5.41) is 0.